The number of carbonyl (C=O) groups excluding carboxylic acids is 3. The molecule has 47 heavy (non-hydrogen) atoms. The highest BCUT2D eigenvalue weighted by molar-refractivity contribution is 6.00. The lowest BCUT2D eigenvalue weighted by Gasteiger charge is -2.33. The molecule has 0 saturated heterocycles. The molecule has 1 heterocycles. The molecule has 3 N–H and O–H groups in total. The van der Waals surface area contributed by atoms with Gasteiger partial charge in [-0.1, -0.05) is 18.2 Å². The van der Waals surface area contributed by atoms with Gasteiger partial charge in [0.15, 0.2) is 0 Å². The molecule has 0 spiro atoms. The topological polar surface area (TPSA) is 132 Å². The summed E-state index contributed by atoms with van der Waals surface area (Å²) in [5.74, 6) is -1.55. The molecule has 14 heteroatoms. The maximum atomic E-state index is 13.9. The van der Waals surface area contributed by atoms with Crippen LogP contribution in [0.3, 0.4) is 0 Å². The van der Waals surface area contributed by atoms with Crippen molar-refractivity contribution in [3.63, 3.8) is 0 Å². The normalized spacial score (nSPS) is 15.3. The fraction of sp³-hybridized carbons (Fsp3) is 0.424. The molecule has 1 unspecified atom stereocenters. The van der Waals surface area contributed by atoms with Crippen molar-refractivity contribution >= 4 is 29.6 Å². The van der Waals surface area contributed by atoms with Crippen LogP contribution in [0.25, 0.3) is 0 Å². The van der Waals surface area contributed by atoms with E-state index in [1.165, 1.54) is 48.2 Å². The van der Waals surface area contributed by atoms with E-state index in [1.54, 1.807) is 7.05 Å². The first kappa shape index (κ1) is 36.6. The molecule has 0 aromatic heterocycles. The van der Waals surface area contributed by atoms with E-state index in [0.29, 0.717) is 17.7 Å². The summed E-state index contributed by atoms with van der Waals surface area (Å²) in [6.45, 7) is 2.55. The minimum Gasteiger partial charge on any atom is -0.465 e. The molecule has 0 bridgehead atoms. The van der Waals surface area contributed by atoms with Gasteiger partial charge in [-0.2, -0.15) is 23.3 Å². The highest BCUT2D eigenvalue weighted by Crippen LogP contribution is 2.39. The van der Waals surface area contributed by atoms with E-state index in [9.17, 15) is 32.8 Å². The second-order valence-corrected chi connectivity index (χ2v) is 12.3. The number of halogens is 3. The Hall–Kier alpha value is -4.90. The number of nitrogens with zero attached hydrogens (tertiary/aromatic N) is 5. The smallest absolute Gasteiger partial charge is 0.416 e. The fourth-order valence-corrected chi connectivity index (χ4v) is 5.26. The largest absolute Gasteiger partial charge is 0.465 e. The number of rotatable bonds is 11. The van der Waals surface area contributed by atoms with E-state index >= 15 is 0 Å². The number of nitrogens with two attached hydrogens (primary N) is 1. The number of methoxy groups -OCH3 is 1. The van der Waals surface area contributed by atoms with E-state index in [1.807, 2.05) is 6.07 Å². The molecule has 0 aliphatic carbocycles. The van der Waals surface area contributed by atoms with Crippen LogP contribution in [0.1, 0.15) is 48.9 Å². The minimum absolute atomic E-state index is 0.0617. The third-order valence-electron chi connectivity index (χ3n) is 7.78. The number of ether oxygens (including phenoxy) is 1. The van der Waals surface area contributed by atoms with Crippen LogP contribution in [0, 0.1) is 11.3 Å². The maximum absolute atomic E-state index is 13.9. The number of nitrogens with one attached hydrogen (secondary N) is 1. The molecule has 1 aliphatic rings. The second-order valence-electron chi connectivity index (χ2n) is 12.3. The van der Waals surface area contributed by atoms with Crippen molar-refractivity contribution in [2.24, 2.45) is 5.73 Å². The van der Waals surface area contributed by atoms with E-state index in [2.05, 4.69) is 26.5 Å². The first-order valence-electron chi connectivity index (χ1n) is 15.0. The molecule has 0 fully saturated rings. The average Bonchev–Trinajstić information content (AvgIpc) is 3.01. The number of nitriles is 1. The zero-order valence-corrected chi connectivity index (χ0v) is 27.5. The number of allylic oxidation sites excluding steroid dienone is 1. The second kappa shape index (κ2) is 15.1. The number of likely N-dealkylation sites (N-methyl/N-ethyl adjacent to an activating group) is 1. The lowest BCUT2D eigenvalue weighted by atomic mass is 9.93. The van der Waals surface area contributed by atoms with Gasteiger partial charge in [-0.05, 0) is 62.1 Å². The molecular formula is C33H42F3N7O4+2. The predicted octanol–water partition coefficient (Wildman–Crippen LogP) is 4.08. The van der Waals surface area contributed by atoms with Gasteiger partial charge in [0, 0.05) is 13.6 Å². The predicted molar refractivity (Wildman–Crippen MR) is 169 cm³/mol. The van der Waals surface area contributed by atoms with Crippen molar-refractivity contribution < 1.29 is 41.4 Å². The molecule has 0 saturated carbocycles. The molecule has 1 atom stereocenters. The van der Waals surface area contributed by atoms with E-state index < -0.39 is 36.3 Å². The van der Waals surface area contributed by atoms with Gasteiger partial charge in [-0.25, -0.2) is 14.2 Å². The van der Waals surface area contributed by atoms with Crippen molar-refractivity contribution in [1.29, 1.82) is 5.26 Å². The van der Waals surface area contributed by atoms with Crippen LogP contribution in [0.15, 0.2) is 59.8 Å². The third kappa shape index (κ3) is 9.10. The molecule has 3 amide bonds. The Bertz CT molecular complexity index is 1590. The lowest BCUT2D eigenvalue weighted by molar-refractivity contribution is -0.870. The number of guanidine groups is 1. The number of quaternary nitrogens is 1. The van der Waals surface area contributed by atoms with Gasteiger partial charge < -0.3 is 19.4 Å². The van der Waals surface area contributed by atoms with E-state index in [0.717, 1.165) is 59.0 Å². The third-order valence-corrected chi connectivity index (χ3v) is 7.78. The minimum atomic E-state index is -4.68. The average molecular weight is 658 g/mol. The van der Waals surface area contributed by atoms with E-state index in [4.69, 9.17) is 10.5 Å². The summed E-state index contributed by atoms with van der Waals surface area (Å²) in [5.41, 5.74) is 6.26. The molecule has 3 rings (SSSR count). The standard InChI is InChI=1S/C33H40F3N7O4/c1-22-28(30(45)47-6)29(24-15-13-23(20-37)14-16-24)42(31(38)41(22)26-12-10-11-25(19-26)33(34,35)36)32(46)39-21-27(44)40(2)17-8-7-9-18-43(3,4)5/h10-16,19,29,38H,7-9,17-18,21H2,1-6H3/p+2. The number of unbranched alkanes of at least 4 members (excludes halogenated alkanes) is 2. The van der Waals surface area contributed by atoms with Gasteiger partial charge in [0.25, 0.3) is 0 Å². The summed E-state index contributed by atoms with van der Waals surface area (Å²) in [6.07, 6.45) is -1.97. The first-order valence-corrected chi connectivity index (χ1v) is 15.0. The summed E-state index contributed by atoms with van der Waals surface area (Å²) >= 11 is 0. The summed E-state index contributed by atoms with van der Waals surface area (Å²) < 4.78 is 48.1. The van der Waals surface area contributed by atoms with Crippen LogP contribution >= 0.6 is 0 Å². The number of amides is 3. The van der Waals surface area contributed by atoms with Crippen molar-refractivity contribution in [3.8, 4) is 6.07 Å². The fourth-order valence-electron chi connectivity index (χ4n) is 5.26. The SMILES string of the molecule is COC(=O)C1=C(C)[N+](c2cccc(C(F)(F)F)c2)=C(N)N(C(=O)NCC(=O)N(C)CCCCC[N+](C)(C)C)C1c1ccc(C#N)cc1. The Morgan fingerprint density at radius 3 is 2.34 bits per heavy atom. The Morgan fingerprint density at radius 2 is 1.77 bits per heavy atom. The Morgan fingerprint density at radius 1 is 1.11 bits per heavy atom. The van der Waals surface area contributed by atoms with Crippen molar-refractivity contribution in [3.05, 3.63) is 76.5 Å². The number of carbonyl (C=O) groups is 3. The van der Waals surface area contributed by atoms with Crippen LogP contribution in [0.5, 0.6) is 0 Å². The van der Waals surface area contributed by atoms with Gasteiger partial charge >= 0.3 is 24.1 Å². The Kier molecular flexibility index (Phi) is 11.8. The number of alkyl halides is 3. The molecule has 11 nitrogen and oxygen atoms in total. The summed E-state index contributed by atoms with van der Waals surface area (Å²) in [6, 6.07) is 10.2. The van der Waals surface area contributed by atoms with Crippen molar-refractivity contribution in [2.45, 2.75) is 38.4 Å². The number of benzene rings is 2. The highest BCUT2D eigenvalue weighted by Gasteiger charge is 2.47. The number of esters is 1. The van der Waals surface area contributed by atoms with Crippen LogP contribution in [0.4, 0.5) is 23.7 Å². The van der Waals surface area contributed by atoms with Gasteiger partial charge in [0.2, 0.25) is 5.91 Å². The van der Waals surface area contributed by atoms with Crippen molar-refractivity contribution in [2.75, 3.05) is 54.9 Å². The summed E-state index contributed by atoms with van der Waals surface area (Å²) in [5, 5.41) is 11.9. The molecular weight excluding hydrogens is 615 g/mol. The Labute approximate surface area is 272 Å². The zero-order chi connectivity index (χ0) is 35.1. The van der Waals surface area contributed by atoms with Crippen molar-refractivity contribution in [1.82, 2.24) is 15.1 Å². The number of hydrogen-bond donors (Lipinski definition) is 2. The number of hydrogen-bond acceptors (Lipinski definition) is 6. The summed E-state index contributed by atoms with van der Waals surface area (Å²) in [7, 11) is 9.10. The monoisotopic (exact) mass is 657 g/mol. The van der Waals surface area contributed by atoms with Gasteiger partial charge in [0.1, 0.15) is 17.3 Å². The van der Waals surface area contributed by atoms with Crippen LogP contribution < -0.4 is 11.1 Å². The van der Waals surface area contributed by atoms with Gasteiger partial charge in [-0.15, -0.1) is 0 Å². The quantitative estimate of drug-likeness (QED) is 0.162. The molecule has 1 aliphatic heterocycles. The molecule has 0 radical (unpaired) electrons. The van der Waals surface area contributed by atoms with Gasteiger partial charge in [-0.3, -0.25) is 10.5 Å². The van der Waals surface area contributed by atoms with Crippen LogP contribution in [-0.4, -0.2) is 97.7 Å². The zero-order valence-electron chi connectivity index (χ0n) is 27.5. The maximum Gasteiger partial charge on any atom is 0.416 e. The summed E-state index contributed by atoms with van der Waals surface area (Å²) in [4.78, 5) is 42.7. The van der Waals surface area contributed by atoms with Gasteiger partial charge in [0.05, 0.1) is 64.2 Å². The first-order chi connectivity index (χ1) is 22.0. The van der Waals surface area contributed by atoms with E-state index in [-0.39, 0.29) is 28.8 Å². The van der Waals surface area contributed by atoms with Crippen LogP contribution in [-0.2, 0) is 20.5 Å². The molecule has 252 valence electrons. The highest BCUT2D eigenvalue weighted by atomic mass is 19.4. The lowest BCUT2D eigenvalue weighted by Crippen LogP contribution is -2.56. The Balaban J connectivity index is 2.01. The molecule has 2 aromatic rings. The number of urea groups is 1. The van der Waals surface area contributed by atoms with Crippen LogP contribution in [0.2, 0.25) is 0 Å². The molecule has 2 aromatic carbocycles.